The summed E-state index contributed by atoms with van der Waals surface area (Å²) in [5.41, 5.74) is -1.39. The molecule has 3 heterocycles. The number of amides is 5. The summed E-state index contributed by atoms with van der Waals surface area (Å²) in [6.07, 6.45) is -0.424. The van der Waals surface area contributed by atoms with Gasteiger partial charge in [-0.05, 0) is 112 Å². The Kier molecular flexibility index (Phi) is 16.2. The number of imide groups is 1. The fourth-order valence-corrected chi connectivity index (χ4v) is 8.04. The minimum absolute atomic E-state index is 0.0347. The lowest BCUT2D eigenvalue weighted by Gasteiger charge is -2.17. The van der Waals surface area contributed by atoms with Crippen molar-refractivity contribution in [1.29, 1.82) is 0 Å². The molecule has 1 atom stereocenters. The largest absolute Gasteiger partial charge is 0.434 e. The zero-order valence-corrected chi connectivity index (χ0v) is 39.9. The van der Waals surface area contributed by atoms with E-state index in [1.165, 1.54) is 10.7 Å². The molecule has 3 aromatic carbocycles. The number of carbonyl (C=O) groups is 4. The molecule has 13 nitrogen and oxygen atoms in total. The van der Waals surface area contributed by atoms with E-state index in [2.05, 4.69) is 62.9 Å². The zero-order valence-electron chi connectivity index (χ0n) is 32.9. The van der Waals surface area contributed by atoms with E-state index in [1.807, 2.05) is 6.92 Å². The number of aromatic nitrogens is 4. The zero-order chi connectivity index (χ0) is 48.2. The summed E-state index contributed by atoms with van der Waals surface area (Å²) in [5.74, 6) is -4.38. The second-order valence-electron chi connectivity index (χ2n) is 13.8. The van der Waals surface area contributed by atoms with E-state index in [1.54, 1.807) is 35.8 Å². The summed E-state index contributed by atoms with van der Waals surface area (Å²) < 4.78 is 73.1. The quantitative estimate of drug-likeness (QED) is 0.0983. The van der Waals surface area contributed by atoms with Crippen LogP contribution in [-0.4, -0.2) is 49.5 Å². The summed E-state index contributed by atoms with van der Waals surface area (Å²) in [4.78, 5) is 58.0. The molecule has 0 spiro atoms. The average molecular weight is 1140 g/mol. The lowest BCUT2D eigenvalue weighted by Crippen LogP contribution is -2.35. The number of nitrogens with zero attached hydrogens (tertiary/aromatic N) is 4. The van der Waals surface area contributed by atoms with Gasteiger partial charge in [0.05, 0.1) is 31.9 Å². The van der Waals surface area contributed by atoms with Gasteiger partial charge in [0.15, 0.2) is 11.6 Å². The summed E-state index contributed by atoms with van der Waals surface area (Å²) in [6.45, 7) is 1.97. The number of pyridine rings is 2. The number of hydrogen-bond donors (Lipinski definition) is 4. The Hall–Kier alpha value is -5.09. The van der Waals surface area contributed by atoms with Crippen molar-refractivity contribution in [3.05, 3.63) is 147 Å². The van der Waals surface area contributed by atoms with Crippen molar-refractivity contribution in [2.75, 3.05) is 10.6 Å². The Morgan fingerprint density at radius 2 is 1.48 bits per heavy atom. The van der Waals surface area contributed by atoms with Crippen LogP contribution < -0.4 is 26.0 Å². The van der Waals surface area contributed by atoms with E-state index in [0.29, 0.717) is 48.8 Å². The van der Waals surface area contributed by atoms with Gasteiger partial charge in [-0.2, -0.15) is 18.3 Å². The number of halogens is 12. The van der Waals surface area contributed by atoms with Gasteiger partial charge >= 0.3 is 12.2 Å². The van der Waals surface area contributed by atoms with Gasteiger partial charge in [0, 0.05) is 39.7 Å². The van der Waals surface area contributed by atoms with Gasteiger partial charge < -0.3 is 20.7 Å². The second kappa shape index (κ2) is 21.3. The first kappa shape index (κ1) is 50.3. The molecular weight excluding hydrogens is 1120 g/mol. The van der Waals surface area contributed by atoms with Crippen LogP contribution in [0.3, 0.4) is 0 Å². The standard InChI is InChI=1S/C21H17Br2Cl2N5O2.C20H9Cl3F5N3O3/c1-10(11-4-5-11)27-20(31)13-7-12(24)8-14(22)18(13)28-21(32)16-9-17(23)29-30(16)19-15(25)3-2-6-26-19;21-10-5-9(30-19(33)31-17(32)15-13(24)2-1-3-14(15)25)6-11(22)16(10)34-18-12(23)4-8(7-29-18)20(26,27)28/h2-3,6-11H,4-5H2,1H3,(H,27,31)(H,28,32);1-7H,(H2,30,31,32,33). The molecule has 0 saturated heterocycles. The lowest BCUT2D eigenvalue weighted by atomic mass is 10.1. The van der Waals surface area contributed by atoms with E-state index < -0.39 is 57.7 Å². The second-order valence-corrected chi connectivity index (χ2v) is 17.6. The molecule has 4 N–H and O–H groups in total. The number of benzene rings is 3. The van der Waals surface area contributed by atoms with Crippen molar-refractivity contribution in [2.45, 2.75) is 32.0 Å². The average Bonchev–Trinajstić information content (AvgIpc) is 4.01. The molecule has 25 heteroatoms. The normalized spacial score (nSPS) is 12.6. The minimum Gasteiger partial charge on any atom is -0.434 e. The maximum atomic E-state index is 13.7. The number of ether oxygens (including phenoxy) is 1. The van der Waals surface area contributed by atoms with Crippen LogP contribution in [0.1, 0.15) is 56.5 Å². The third-order valence-corrected chi connectivity index (χ3v) is 11.4. The summed E-state index contributed by atoms with van der Waals surface area (Å²) in [6, 6.07) is 12.4. The number of urea groups is 1. The first-order valence-electron chi connectivity index (χ1n) is 18.5. The molecule has 1 aliphatic rings. The van der Waals surface area contributed by atoms with Crippen LogP contribution >= 0.6 is 89.9 Å². The number of hydrogen-bond acceptors (Lipinski definition) is 8. The molecule has 1 fully saturated rings. The van der Waals surface area contributed by atoms with Crippen LogP contribution in [0.4, 0.5) is 38.1 Å². The summed E-state index contributed by atoms with van der Waals surface area (Å²) >= 11 is 37.1. The Labute approximate surface area is 411 Å². The number of alkyl halides is 3. The van der Waals surface area contributed by atoms with E-state index in [4.69, 9.17) is 62.7 Å². The van der Waals surface area contributed by atoms with Crippen LogP contribution in [0.2, 0.25) is 25.1 Å². The first-order chi connectivity index (χ1) is 31.1. The molecule has 1 saturated carbocycles. The molecule has 5 amide bonds. The van der Waals surface area contributed by atoms with Crippen LogP contribution in [-0.2, 0) is 6.18 Å². The van der Waals surface area contributed by atoms with E-state index >= 15 is 0 Å². The van der Waals surface area contributed by atoms with E-state index in [0.717, 1.165) is 43.2 Å². The maximum Gasteiger partial charge on any atom is 0.417 e. The highest BCUT2D eigenvalue weighted by molar-refractivity contribution is 9.10. The van der Waals surface area contributed by atoms with Crippen molar-refractivity contribution in [2.24, 2.45) is 5.92 Å². The maximum absolute atomic E-state index is 13.7. The van der Waals surface area contributed by atoms with Crippen LogP contribution in [0.15, 0.2) is 88.2 Å². The number of rotatable bonds is 10. The predicted octanol–water partition coefficient (Wildman–Crippen LogP) is 13.0. The number of nitrogens with one attached hydrogen (secondary N) is 4. The molecule has 1 unspecified atom stereocenters. The van der Waals surface area contributed by atoms with Crippen molar-refractivity contribution < 1.29 is 45.9 Å². The van der Waals surface area contributed by atoms with Crippen LogP contribution in [0, 0.1) is 17.6 Å². The van der Waals surface area contributed by atoms with E-state index in [-0.39, 0.29) is 44.7 Å². The molecule has 0 bridgehead atoms. The monoisotopic (exact) mass is 1140 g/mol. The fourth-order valence-electron chi connectivity index (χ4n) is 5.79. The smallest absolute Gasteiger partial charge is 0.417 e. The highest BCUT2D eigenvalue weighted by Crippen LogP contribution is 2.41. The van der Waals surface area contributed by atoms with Gasteiger partial charge in [-0.3, -0.25) is 19.7 Å². The third kappa shape index (κ3) is 12.5. The van der Waals surface area contributed by atoms with Crippen LogP contribution in [0.5, 0.6) is 11.6 Å². The Morgan fingerprint density at radius 3 is 2.09 bits per heavy atom. The van der Waals surface area contributed by atoms with Gasteiger partial charge in [-0.1, -0.05) is 64.1 Å². The van der Waals surface area contributed by atoms with Gasteiger partial charge in [-0.15, -0.1) is 0 Å². The van der Waals surface area contributed by atoms with Crippen molar-refractivity contribution in [3.63, 3.8) is 0 Å². The van der Waals surface area contributed by atoms with Crippen LogP contribution in [0.25, 0.3) is 5.82 Å². The summed E-state index contributed by atoms with van der Waals surface area (Å²) in [5, 5.41) is 13.8. The topological polar surface area (TPSA) is 169 Å². The van der Waals surface area contributed by atoms with Gasteiger partial charge in [0.1, 0.15) is 32.5 Å². The molecule has 0 radical (unpaired) electrons. The predicted molar refractivity (Wildman–Crippen MR) is 244 cm³/mol. The fraction of sp³-hybridized carbons (Fsp3) is 0.146. The van der Waals surface area contributed by atoms with Crippen molar-refractivity contribution in [3.8, 4) is 17.4 Å². The first-order valence-corrected chi connectivity index (χ1v) is 22.0. The molecule has 3 aromatic heterocycles. The number of carbonyl (C=O) groups excluding carboxylic acids is 4. The number of anilines is 2. The van der Waals surface area contributed by atoms with Crippen molar-refractivity contribution in [1.82, 2.24) is 30.4 Å². The highest BCUT2D eigenvalue weighted by atomic mass is 79.9. The Bertz CT molecular complexity index is 2850. The van der Waals surface area contributed by atoms with Gasteiger partial charge in [-0.25, -0.2) is 28.2 Å². The molecule has 7 rings (SSSR count). The van der Waals surface area contributed by atoms with E-state index in [9.17, 15) is 41.1 Å². The summed E-state index contributed by atoms with van der Waals surface area (Å²) in [7, 11) is 0. The molecule has 1 aliphatic carbocycles. The lowest BCUT2D eigenvalue weighted by molar-refractivity contribution is -0.137. The molecule has 0 aliphatic heterocycles. The highest BCUT2D eigenvalue weighted by Gasteiger charge is 2.33. The van der Waals surface area contributed by atoms with Gasteiger partial charge in [0.25, 0.3) is 17.7 Å². The Balaban J connectivity index is 0.000000219. The molecule has 344 valence electrons. The molecule has 6 aromatic rings. The van der Waals surface area contributed by atoms with Gasteiger partial charge in [0.2, 0.25) is 5.88 Å². The third-order valence-electron chi connectivity index (χ3n) is 9.08. The Morgan fingerprint density at radius 1 is 0.818 bits per heavy atom. The minimum atomic E-state index is -4.67. The molecule has 66 heavy (non-hydrogen) atoms. The SMILES string of the molecule is CC(NC(=O)c1cc(Cl)cc(Br)c1NC(=O)c1cc(Br)nn1-c1ncccc1Cl)C1CC1.O=C(NC(=O)c1c(F)cccc1F)Nc1cc(Cl)c(Oc2ncc(C(F)(F)F)cc2Cl)c(Cl)c1. The molecular formula is C41H26Br2Cl5F5N8O5. The van der Waals surface area contributed by atoms with Crippen molar-refractivity contribution >= 4 is 125 Å².